The second-order valence-electron chi connectivity index (χ2n) is 8.00. The number of amides is 1. The molecular formula is C29H19Br2ClN2O2S. The lowest BCUT2D eigenvalue weighted by Crippen LogP contribution is -2.28. The quantitative estimate of drug-likeness (QED) is 0.195. The largest absolute Gasteiger partial charge is 0.487 e. The topological polar surface area (TPSA) is 41.9 Å². The third kappa shape index (κ3) is 6.02. The van der Waals surface area contributed by atoms with E-state index in [1.165, 1.54) is 11.8 Å². The van der Waals surface area contributed by atoms with E-state index >= 15 is 0 Å². The second-order valence-corrected chi connectivity index (χ2v) is 11.2. The molecule has 0 aliphatic carbocycles. The fourth-order valence-electron chi connectivity index (χ4n) is 3.71. The van der Waals surface area contributed by atoms with Gasteiger partial charge in [0.05, 0.1) is 20.8 Å². The van der Waals surface area contributed by atoms with Gasteiger partial charge in [-0.2, -0.15) is 0 Å². The summed E-state index contributed by atoms with van der Waals surface area (Å²) in [5.74, 6) is 0.461. The number of halogens is 3. The molecule has 8 heteroatoms. The molecule has 1 aliphatic heterocycles. The molecule has 0 spiro atoms. The van der Waals surface area contributed by atoms with E-state index in [-0.39, 0.29) is 12.5 Å². The van der Waals surface area contributed by atoms with Crippen LogP contribution < -0.4 is 9.64 Å². The van der Waals surface area contributed by atoms with E-state index in [2.05, 4.69) is 31.9 Å². The van der Waals surface area contributed by atoms with Crippen molar-refractivity contribution in [2.75, 3.05) is 4.90 Å². The van der Waals surface area contributed by atoms with Gasteiger partial charge in [0.15, 0.2) is 5.17 Å². The van der Waals surface area contributed by atoms with Crippen LogP contribution in [0.5, 0.6) is 5.75 Å². The molecule has 0 atom stereocenters. The summed E-state index contributed by atoms with van der Waals surface area (Å²) in [6.07, 6.45) is 1.84. The number of hydrogen-bond donors (Lipinski definition) is 0. The van der Waals surface area contributed by atoms with Crippen LogP contribution in [-0.2, 0) is 11.4 Å². The highest BCUT2D eigenvalue weighted by Gasteiger charge is 2.35. The smallest absolute Gasteiger partial charge is 0.271 e. The first-order chi connectivity index (χ1) is 18.0. The molecule has 1 aliphatic rings. The predicted molar refractivity (Wildman–Crippen MR) is 161 cm³/mol. The molecule has 0 unspecified atom stereocenters. The van der Waals surface area contributed by atoms with E-state index < -0.39 is 0 Å². The van der Waals surface area contributed by atoms with Gasteiger partial charge in [0.1, 0.15) is 12.4 Å². The zero-order chi connectivity index (χ0) is 25.8. The first-order valence-electron chi connectivity index (χ1n) is 11.3. The number of aliphatic imine (C=N–C) groups is 1. The van der Waals surface area contributed by atoms with E-state index in [0.717, 1.165) is 31.4 Å². The van der Waals surface area contributed by atoms with Crippen LogP contribution in [0, 0.1) is 0 Å². The molecule has 37 heavy (non-hydrogen) atoms. The Morgan fingerprint density at radius 2 is 1.59 bits per heavy atom. The molecule has 1 saturated heterocycles. The van der Waals surface area contributed by atoms with Gasteiger partial charge in [0.2, 0.25) is 0 Å². The zero-order valence-electron chi connectivity index (χ0n) is 19.3. The van der Waals surface area contributed by atoms with Gasteiger partial charge in [-0.3, -0.25) is 9.69 Å². The summed E-state index contributed by atoms with van der Waals surface area (Å²) in [6.45, 7) is 0.286. The highest BCUT2D eigenvalue weighted by atomic mass is 79.9. The first kappa shape index (κ1) is 25.8. The number of amidine groups is 1. The Morgan fingerprint density at radius 3 is 2.32 bits per heavy atom. The third-order valence-corrected chi connectivity index (χ3v) is 7.84. The number of ether oxygens (including phenoxy) is 1. The van der Waals surface area contributed by atoms with Crippen LogP contribution in [0.25, 0.3) is 6.08 Å². The van der Waals surface area contributed by atoms with E-state index in [0.29, 0.717) is 20.8 Å². The average Bonchev–Trinajstić information content (AvgIpc) is 3.19. The van der Waals surface area contributed by atoms with Crippen molar-refractivity contribution in [2.24, 2.45) is 4.99 Å². The van der Waals surface area contributed by atoms with Gasteiger partial charge < -0.3 is 4.74 Å². The van der Waals surface area contributed by atoms with Gasteiger partial charge in [-0.25, -0.2) is 4.99 Å². The van der Waals surface area contributed by atoms with Gasteiger partial charge in [-0.1, -0.05) is 82.1 Å². The van der Waals surface area contributed by atoms with Crippen LogP contribution in [0.4, 0.5) is 11.4 Å². The van der Waals surface area contributed by atoms with Crippen molar-refractivity contribution in [1.82, 2.24) is 0 Å². The highest BCUT2D eigenvalue weighted by molar-refractivity contribution is 9.11. The molecule has 4 aromatic rings. The van der Waals surface area contributed by atoms with Crippen LogP contribution in [-0.4, -0.2) is 11.1 Å². The summed E-state index contributed by atoms with van der Waals surface area (Å²) in [5, 5.41) is 1.22. The molecular weight excluding hydrogens is 636 g/mol. The molecule has 1 heterocycles. The summed E-state index contributed by atoms with van der Waals surface area (Å²) >= 11 is 14.8. The fraction of sp³-hybridized carbons (Fsp3) is 0.0345. The number of carbonyl (C=O) groups is 1. The fourth-order valence-corrected chi connectivity index (χ4v) is 6.27. The second kappa shape index (κ2) is 11.7. The monoisotopic (exact) mass is 652 g/mol. The van der Waals surface area contributed by atoms with E-state index in [1.54, 1.807) is 4.90 Å². The molecule has 184 valence electrons. The number of thioether (sulfide) groups is 1. The Kier molecular flexibility index (Phi) is 8.15. The standard InChI is InChI=1S/C29H19Br2ClN2O2S/c30-21-15-20(27(24(31)17-21)36-18-19-9-7-8-14-25(19)32)16-26-28(35)34(23-12-5-2-6-13-23)29(37-26)33-22-10-3-1-4-11-22/h1-17H,18H2/b26-16+,33-29?. The number of hydrogen-bond acceptors (Lipinski definition) is 4. The maximum Gasteiger partial charge on any atom is 0.271 e. The van der Waals surface area contributed by atoms with Crippen LogP contribution in [0.3, 0.4) is 0 Å². The number of carbonyl (C=O) groups excluding carboxylic acids is 1. The Balaban J connectivity index is 1.53. The Labute approximate surface area is 241 Å². The molecule has 5 rings (SSSR count). The maximum absolute atomic E-state index is 13.7. The maximum atomic E-state index is 13.7. The van der Waals surface area contributed by atoms with Crippen LogP contribution in [0.1, 0.15) is 11.1 Å². The summed E-state index contributed by atoms with van der Waals surface area (Å²) in [6, 6.07) is 30.5. The van der Waals surface area contributed by atoms with Crippen molar-refractivity contribution in [3.63, 3.8) is 0 Å². The zero-order valence-corrected chi connectivity index (χ0v) is 24.0. The Bertz CT molecular complexity index is 1510. The minimum Gasteiger partial charge on any atom is -0.487 e. The summed E-state index contributed by atoms with van der Waals surface area (Å²) in [4.78, 5) is 20.6. The molecule has 0 bridgehead atoms. The van der Waals surface area contributed by atoms with Crippen LogP contribution in [0.2, 0.25) is 5.02 Å². The van der Waals surface area contributed by atoms with Gasteiger partial charge in [0, 0.05) is 20.6 Å². The molecule has 4 nitrogen and oxygen atoms in total. The van der Waals surface area contributed by atoms with Crippen LogP contribution in [0.15, 0.2) is 116 Å². The van der Waals surface area contributed by atoms with Gasteiger partial charge >= 0.3 is 0 Å². The first-order valence-corrected chi connectivity index (χ1v) is 14.1. The lowest BCUT2D eigenvalue weighted by molar-refractivity contribution is -0.113. The molecule has 0 radical (unpaired) electrons. The Morgan fingerprint density at radius 1 is 0.919 bits per heavy atom. The number of anilines is 1. The average molecular weight is 655 g/mol. The van der Waals surface area contributed by atoms with Crippen molar-refractivity contribution in [3.05, 3.63) is 127 Å². The lowest BCUT2D eigenvalue weighted by Gasteiger charge is -2.15. The van der Waals surface area contributed by atoms with Crippen molar-refractivity contribution in [2.45, 2.75) is 6.61 Å². The number of para-hydroxylation sites is 2. The van der Waals surface area contributed by atoms with Crippen LogP contribution >= 0.6 is 55.2 Å². The van der Waals surface area contributed by atoms with Crippen molar-refractivity contribution >= 4 is 83.7 Å². The SMILES string of the molecule is O=C1/C(=C\c2cc(Br)cc(Br)c2OCc2ccccc2Cl)SC(=Nc2ccccc2)N1c1ccccc1. The number of rotatable bonds is 6. The summed E-state index contributed by atoms with van der Waals surface area (Å²) in [5.41, 5.74) is 3.15. The van der Waals surface area contributed by atoms with E-state index in [9.17, 15) is 4.79 Å². The molecule has 1 amide bonds. The minimum absolute atomic E-state index is 0.154. The number of nitrogens with zero attached hydrogens (tertiary/aromatic N) is 2. The highest BCUT2D eigenvalue weighted by Crippen LogP contribution is 2.41. The summed E-state index contributed by atoms with van der Waals surface area (Å²) < 4.78 is 7.82. The van der Waals surface area contributed by atoms with Crippen molar-refractivity contribution in [3.8, 4) is 5.75 Å². The van der Waals surface area contributed by atoms with Gasteiger partial charge in [0.25, 0.3) is 5.91 Å². The van der Waals surface area contributed by atoms with E-state index in [4.69, 9.17) is 21.3 Å². The normalized spacial score (nSPS) is 15.5. The van der Waals surface area contributed by atoms with Gasteiger partial charge in [-0.15, -0.1) is 0 Å². The third-order valence-electron chi connectivity index (χ3n) is 5.46. The molecule has 1 fully saturated rings. The molecule has 0 saturated carbocycles. The van der Waals surface area contributed by atoms with Gasteiger partial charge in [-0.05, 0) is 76.2 Å². The minimum atomic E-state index is -0.154. The van der Waals surface area contributed by atoms with Crippen molar-refractivity contribution < 1.29 is 9.53 Å². The summed E-state index contributed by atoms with van der Waals surface area (Å²) in [7, 11) is 0. The lowest BCUT2D eigenvalue weighted by atomic mass is 10.1. The van der Waals surface area contributed by atoms with E-state index in [1.807, 2.05) is 103 Å². The molecule has 0 aromatic heterocycles. The molecule has 0 N–H and O–H groups in total. The molecule has 4 aromatic carbocycles. The Hall–Kier alpha value is -2.84. The van der Waals surface area contributed by atoms with Crippen molar-refractivity contribution in [1.29, 1.82) is 0 Å². The predicted octanol–water partition coefficient (Wildman–Crippen LogP) is 9.25. The number of benzene rings is 4.